The fourth-order valence-corrected chi connectivity index (χ4v) is 3.53. The van der Waals surface area contributed by atoms with Crippen LogP contribution in [-0.4, -0.2) is 60.7 Å². The third kappa shape index (κ3) is 4.60. The number of methoxy groups -OCH3 is 1. The molecule has 1 aliphatic heterocycles. The van der Waals surface area contributed by atoms with Crippen LogP contribution in [-0.2, 0) is 6.42 Å². The van der Waals surface area contributed by atoms with Crippen molar-refractivity contribution in [1.82, 2.24) is 20.2 Å². The topological polar surface area (TPSA) is 70.6 Å². The second-order valence-electron chi connectivity index (χ2n) is 5.87. The van der Waals surface area contributed by atoms with E-state index in [9.17, 15) is 4.79 Å². The molecule has 25 heavy (non-hydrogen) atoms. The first-order chi connectivity index (χ1) is 12.2. The molecule has 1 aliphatic rings. The molecule has 0 spiro atoms. The Morgan fingerprint density at radius 1 is 1.32 bits per heavy atom. The highest BCUT2D eigenvalue weighted by Gasteiger charge is 2.21. The van der Waals surface area contributed by atoms with Crippen LogP contribution < -0.4 is 15.0 Å². The molecule has 2 aromatic heterocycles. The van der Waals surface area contributed by atoms with E-state index in [1.54, 1.807) is 24.6 Å². The van der Waals surface area contributed by atoms with Crippen molar-refractivity contribution in [2.45, 2.75) is 13.3 Å². The van der Waals surface area contributed by atoms with Crippen LogP contribution in [0, 0.1) is 6.92 Å². The van der Waals surface area contributed by atoms with E-state index in [4.69, 9.17) is 4.74 Å². The fourth-order valence-electron chi connectivity index (χ4n) is 2.74. The highest BCUT2D eigenvalue weighted by molar-refractivity contribution is 7.11. The van der Waals surface area contributed by atoms with Gasteiger partial charge < -0.3 is 19.9 Å². The Hall–Kier alpha value is -2.35. The SMILES string of the molecule is COc1ccnc(N2CCN(C(=O)NCCc3ncc(C)s3)CC2)c1. The van der Waals surface area contributed by atoms with E-state index in [2.05, 4.69) is 20.2 Å². The minimum Gasteiger partial charge on any atom is -0.497 e. The van der Waals surface area contributed by atoms with Crippen molar-refractivity contribution in [1.29, 1.82) is 0 Å². The van der Waals surface area contributed by atoms with Crippen molar-refractivity contribution in [3.05, 3.63) is 34.4 Å². The number of aryl methyl sites for hydroxylation is 1. The number of nitrogens with zero attached hydrogens (tertiary/aromatic N) is 4. The number of amides is 2. The lowest BCUT2D eigenvalue weighted by molar-refractivity contribution is 0.194. The van der Waals surface area contributed by atoms with Gasteiger partial charge in [0.25, 0.3) is 0 Å². The molecule has 0 unspecified atom stereocenters. The van der Waals surface area contributed by atoms with Crippen molar-refractivity contribution in [2.24, 2.45) is 0 Å². The number of rotatable bonds is 5. The number of piperazine rings is 1. The van der Waals surface area contributed by atoms with Crippen molar-refractivity contribution >= 4 is 23.2 Å². The molecule has 3 rings (SSSR count). The highest BCUT2D eigenvalue weighted by atomic mass is 32.1. The number of hydrogen-bond donors (Lipinski definition) is 1. The monoisotopic (exact) mass is 361 g/mol. The number of aromatic nitrogens is 2. The number of thiazole rings is 1. The molecule has 7 nitrogen and oxygen atoms in total. The first kappa shape index (κ1) is 17.5. The summed E-state index contributed by atoms with van der Waals surface area (Å²) in [4.78, 5) is 26.2. The Morgan fingerprint density at radius 3 is 2.80 bits per heavy atom. The van der Waals surface area contributed by atoms with Gasteiger partial charge in [0.2, 0.25) is 0 Å². The largest absolute Gasteiger partial charge is 0.497 e. The van der Waals surface area contributed by atoms with Crippen LogP contribution in [0.3, 0.4) is 0 Å². The van der Waals surface area contributed by atoms with E-state index in [1.165, 1.54) is 4.88 Å². The summed E-state index contributed by atoms with van der Waals surface area (Å²) in [6.45, 7) is 5.54. The number of anilines is 1. The second-order valence-corrected chi connectivity index (χ2v) is 7.19. The molecule has 1 fully saturated rings. The molecule has 0 aliphatic carbocycles. The Labute approximate surface area is 151 Å². The Morgan fingerprint density at radius 2 is 2.12 bits per heavy atom. The van der Waals surface area contributed by atoms with Gasteiger partial charge in [0.1, 0.15) is 11.6 Å². The molecule has 0 aromatic carbocycles. The number of nitrogens with one attached hydrogen (secondary N) is 1. The molecule has 0 bridgehead atoms. The Balaban J connectivity index is 1.44. The summed E-state index contributed by atoms with van der Waals surface area (Å²) in [5.74, 6) is 1.68. The van der Waals surface area contributed by atoms with Crippen LogP contribution in [0.1, 0.15) is 9.88 Å². The molecule has 0 saturated carbocycles. The lowest BCUT2D eigenvalue weighted by atomic mass is 10.3. The summed E-state index contributed by atoms with van der Waals surface area (Å²) in [5, 5.41) is 4.04. The minimum absolute atomic E-state index is 0.00784. The second kappa shape index (κ2) is 8.15. The van der Waals surface area contributed by atoms with Gasteiger partial charge in [-0.05, 0) is 13.0 Å². The third-order valence-corrected chi connectivity index (χ3v) is 5.10. The van der Waals surface area contributed by atoms with Gasteiger partial charge >= 0.3 is 6.03 Å². The van der Waals surface area contributed by atoms with Gasteiger partial charge in [0.15, 0.2) is 0 Å². The van der Waals surface area contributed by atoms with E-state index in [0.29, 0.717) is 19.6 Å². The first-order valence-corrected chi connectivity index (χ1v) is 9.16. The summed E-state index contributed by atoms with van der Waals surface area (Å²) in [5.41, 5.74) is 0. The number of pyridine rings is 1. The molecule has 1 saturated heterocycles. The van der Waals surface area contributed by atoms with Crippen LogP contribution in [0.5, 0.6) is 5.75 Å². The normalized spacial score (nSPS) is 14.5. The first-order valence-electron chi connectivity index (χ1n) is 8.35. The maximum Gasteiger partial charge on any atom is 0.317 e. The molecule has 0 radical (unpaired) electrons. The van der Waals surface area contributed by atoms with Crippen molar-refractivity contribution in [2.75, 3.05) is 44.7 Å². The number of ether oxygens (including phenoxy) is 1. The molecular weight excluding hydrogens is 338 g/mol. The van der Waals surface area contributed by atoms with Crippen LogP contribution in [0.4, 0.5) is 10.6 Å². The molecule has 1 N–H and O–H groups in total. The maximum absolute atomic E-state index is 12.3. The van der Waals surface area contributed by atoms with Gasteiger partial charge in [0, 0.05) is 62.5 Å². The Kier molecular flexibility index (Phi) is 5.70. The average Bonchev–Trinajstić information content (AvgIpc) is 3.07. The molecule has 8 heteroatoms. The summed E-state index contributed by atoms with van der Waals surface area (Å²) in [7, 11) is 1.65. The van der Waals surface area contributed by atoms with Crippen LogP contribution >= 0.6 is 11.3 Å². The quantitative estimate of drug-likeness (QED) is 0.881. The van der Waals surface area contributed by atoms with Gasteiger partial charge in [-0.25, -0.2) is 14.8 Å². The molecule has 134 valence electrons. The van der Waals surface area contributed by atoms with E-state index < -0.39 is 0 Å². The molecular formula is C17H23N5O2S. The van der Waals surface area contributed by atoms with E-state index in [1.807, 2.05) is 30.2 Å². The van der Waals surface area contributed by atoms with Crippen LogP contribution in [0.2, 0.25) is 0 Å². The van der Waals surface area contributed by atoms with Crippen molar-refractivity contribution in [3.8, 4) is 5.75 Å². The van der Waals surface area contributed by atoms with Gasteiger partial charge in [-0.15, -0.1) is 11.3 Å². The molecule has 2 amide bonds. The number of carbonyl (C=O) groups is 1. The van der Waals surface area contributed by atoms with E-state index in [-0.39, 0.29) is 6.03 Å². The van der Waals surface area contributed by atoms with E-state index in [0.717, 1.165) is 36.1 Å². The average molecular weight is 361 g/mol. The van der Waals surface area contributed by atoms with Crippen LogP contribution in [0.25, 0.3) is 0 Å². The summed E-state index contributed by atoms with van der Waals surface area (Å²) >= 11 is 1.68. The number of hydrogen-bond acceptors (Lipinski definition) is 6. The lowest BCUT2D eigenvalue weighted by Crippen LogP contribution is -2.52. The summed E-state index contributed by atoms with van der Waals surface area (Å²) in [6, 6.07) is 3.75. The van der Waals surface area contributed by atoms with Crippen molar-refractivity contribution in [3.63, 3.8) is 0 Å². The van der Waals surface area contributed by atoms with E-state index >= 15 is 0 Å². The highest BCUT2D eigenvalue weighted by Crippen LogP contribution is 2.19. The predicted octanol–water partition coefficient (Wildman–Crippen LogP) is 1.93. The lowest BCUT2D eigenvalue weighted by Gasteiger charge is -2.35. The molecule has 0 atom stereocenters. The molecule has 2 aromatic rings. The fraction of sp³-hybridized carbons (Fsp3) is 0.471. The third-order valence-electron chi connectivity index (χ3n) is 4.13. The zero-order valence-corrected chi connectivity index (χ0v) is 15.4. The van der Waals surface area contributed by atoms with Crippen molar-refractivity contribution < 1.29 is 9.53 Å². The van der Waals surface area contributed by atoms with Gasteiger partial charge in [-0.1, -0.05) is 0 Å². The van der Waals surface area contributed by atoms with Gasteiger partial charge in [0.05, 0.1) is 12.1 Å². The van der Waals surface area contributed by atoms with Gasteiger partial charge in [-0.3, -0.25) is 0 Å². The van der Waals surface area contributed by atoms with Gasteiger partial charge in [-0.2, -0.15) is 0 Å². The molecule has 3 heterocycles. The minimum atomic E-state index is -0.00784. The number of carbonyl (C=O) groups excluding carboxylic acids is 1. The zero-order valence-electron chi connectivity index (χ0n) is 14.6. The smallest absolute Gasteiger partial charge is 0.317 e. The number of urea groups is 1. The maximum atomic E-state index is 12.3. The standard InChI is InChI=1S/C17H23N5O2S/c1-13-12-20-16(25-13)4-6-19-17(23)22-9-7-21(8-10-22)15-11-14(24-2)3-5-18-15/h3,5,11-12H,4,6-10H2,1-2H3,(H,19,23). The summed E-state index contributed by atoms with van der Waals surface area (Å²) < 4.78 is 5.24. The zero-order chi connectivity index (χ0) is 17.6. The Bertz CT molecular complexity index is 713. The summed E-state index contributed by atoms with van der Waals surface area (Å²) in [6.07, 6.45) is 4.39. The van der Waals surface area contributed by atoms with Crippen LogP contribution in [0.15, 0.2) is 24.5 Å². The predicted molar refractivity (Wildman–Crippen MR) is 98.5 cm³/mol.